The van der Waals surface area contributed by atoms with Gasteiger partial charge in [0.25, 0.3) is 0 Å². The van der Waals surface area contributed by atoms with Crippen molar-refractivity contribution in [2.45, 2.75) is 33.1 Å². The van der Waals surface area contributed by atoms with Gasteiger partial charge in [0.1, 0.15) is 0 Å². The lowest BCUT2D eigenvalue weighted by molar-refractivity contribution is -0.115. The molecule has 3 saturated heterocycles. The molecular weight excluding hydrogens is 146 g/mol. The van der Waals surface area contributed by atoms with Crippen LogP contribution in [0.2, 0.25) is 0 Å². The monoisotopic (exact) mass is 165 g/mol. The first-order chi connectivity index (χ1) is 5.57. The molecule has 3 aliphatic heterocycles. The molecule has 1 nitrogen and oxygen atoms in total. The van der Waals surface area contributed by atoms with Crippen molar-refractivity contribution < 1.29 is 0 Å². The van der Waals surface area contributed by atoms with Crippen LogP contribution in [0.15, 0.2) is 0 Å². The number of rotatable bonds is 0. The van der Waals surface area contributed by atoms with Crippen molar-refractivity contribution in [1.82, 2.24) is 4.90 Å². The van der Waals surface area contributed by atoms with Crippen molar-refractivity contribution >= 4 is 0 Å². The molecule has 0 N–H and O–H groups in total. The van der Waals surface area contributed by atoms with Crippen LogP contribution in [0.25, 0.3) is 0 Å². The summed E-state index contributed by atoms with van der Waals surface area (Å²) in [5.41, 5.74) is 1.38. The molecule has 4 atom stereocenters. The summed E-state index contributed by atoms with van der Waals surface area (Å²) >= 11 is 0. The zero-order chi connectivity index (χ0) is 8.40. The molecule has 1 aliphatic carbocycles. The number of nitrogens with zero attached hydrogens (tertiary/aromatic N) is 1. The molecule has 0 spiro atoms. The Hall–Kier alpha value is -0.0400. The zero-order valence-corrected chi connectivity index (χ0v) is 8.27. The van der Waals surface area contributed by atoms with Gasteiger partial charge in [-0.3, -0.25) is 0 Å². The van der Waals surface area contributed by atoms with Crippen LogP contribution in [-0.4, -0.2) is 24.5 Å². The molecule has 4 aliphatic rings. The van der Waals surface area contributed by atoms with Gasteiger partial charge >= 0.3 is 0 Å². The number of piperidine rings is 3. The molecule has 0 amide bonds. The maximum Gasteiger partial charge on any atom is 0.00360 e. The van der Waals surface area contributed by atoms with E-state index in [2.05, 4.69) is 18.7 Å². The lowest BCUT2D eigenvalue weighted by Gasteiger charge is -2.61. The van der Waals surface area contributed by atoms with E-state index in [0.717, 1.165) is 5.92 Å². The minimum Gasteiger partial charge on any atom is -0.302 e. The first-order valence-electron chi connectivity index (χ1n) is 5.29. The van der Waals surface area contributed by atoms with Gasteiger partial charge in [0, 0.05) is 19.6 Å². The molecule has 68 valence electrons. The summed E-state index contributed by atoms with van der Waals surface area (Å²) in [6.07, 6.45) is 4.52. The summed E-state index contributed by atoms with van der Waals surface area (Å²) in [5, 5.41) is 0. The van der Waals surface area contributed by atoms with E-state index in [1.165, 1.54) is 38.9 Å². The molecule has 1 heteroatoms. The second-order valence-corrected chi connectivity index (χ2v) is 6.24. The van der Waals surface area contributed by atoms with E-state index in [4.69, 9.17) is 0 Å². The Balaban J connectivity index is 1.98. The van der Waals surface area contributed by atoms with Crippen LogP contribution in [-0.2, 0) is 0 Å². The highest BCUT2D eigenvalue weighted by atomic mass is 15.2. The van der Waals surface area contributed by atoms with E-state index in [1.807, 2.05) is 0 Å². The molecule has 2 unspecified atom stereocenters. The molecule has 3 heterocycles. The minimum atomic E-state index is 0.689. The van der Waals surface area contributed by atoms with Gasteiger partial charge in [-0.25, -0.2) is 0 Å². The third-order valence-corrected chi connectivity index (χ3v) is 4.14. The highest BCUT2D eigenvalue weighted by Gasteiger charge is 2.52. The molecule has 0 aromatic carbocycles. The van der Waals surface area contributed by atoms with Crippen LogP contribution in [0.5, 0.6) is 0 Å². The molecule has 1 saturated carbocycles. The Morgan fingerprint density at radius 1 is 1.08 bits per heavy atom. The Morgan fingerprint density at radius 2 is 1.67 bits per heavy atom. The fourth-order valence-corrected chi connectivity index (χ4v) is 4.64. The van der Waals surface area contributed by atoms with Crippen molar-refractivity contribution in [3.8, 4) is 0 Å². The van der Waals surface area contributed by atoms with Crippen LogP contribution >= 0.6 is 0 Å². The highest BCUT2D eigenvalue weighted by Crippen LogP contribution is 2.56. The third kappa shape index (κ3) is 0.891. The fourth-order valence-electron chi connectivity index (χ4n) is 4.64. The van der Waals surface area contributed by atoms with Crippen LogP contribution in [0.4, 0.5) is 0 Å². The SMILES string of the molecule is C[C@]12CC3CN(C1)C[C@@](C)(C3)C2. The van der Waals surface area contributed by atoms with Crippen molar-refractivity contribution in [3.05, 3.63) is 0 Å². The maximum atomic E-state index is 2.71. The Bertz CT molecular complexity index is 187. The predicted molar refractivity (Wildman–Crippen MR) is 50.0 cm³/mol. The van der Waals surface area contributed by atoms with Gasteiger partial charge in [0.05, 0.1) is 0 Å². The quantitative estimate of drug-likeness (QED) is 0.531. The second kappa shape index (κ2) is 1.89. The molecule has 0 aromatic heterocycles. The summed E-state index contributed by atoms with van der Waals surface area (Å²) in [5.74, 6) is 1.04. The smallest absolute Gasteiger partial charge is 0.00360 e. The average Bonchev–Trinajstić information content (AvgIpc) is 1.75. The van der Waals surface area contributed by atoms with Gasteiger partial charge in [0.2, 0.25) is 0 Å². The van der Waals surface area contributed by atoms with Crippen LogP contribution < -0.4 is 0 Å². The summed E-state index contributed by atoms with van der Waals surface area (Å²) in [6.45, 7) is 9.19. The zero-order valence-electron chi connectivity index (χ0n) is 8.27. The van der Waals surface area contributed by atoms with Gasteiger partial charge in [-0.2, -0.15) is 0 Å². The third-order valence-electron chi connectivity index (χ3n) is 4.14. The van der Waals surface area contributed by atoms with Crippen LogP contribution in [0.1, 0.15) is 33.1 Å². The van der Waals surface area contributed by atoms with Crippen molar-refractivity contribution in [3.63, 3.8) is 0 Å². The van der Waals surface area contributed by atoms with Crippen molar-refractivity contribution in [2.75, 3.05) is 19.6 Å². The van der Waals surface area contributed by atoms with E-state index in [-0.39, 0.29) is 0 Å². The van der Waals surface area contributed by atoms with Gasteiger partial charge in [-0.1, -0.05) is 13.8 Å². The fraction of sp³-hybridized carbons (Fsp3) is 1.00. The Labute approximate surface area is 75.1 Å². The summed E-state index contributed by atoms with van der Waals surface area (Å²) < 4.78 is 0. The van der Waals surface area contributed by atoms with Gasteiger partial charge in [-0.05, 0) is 36.0 Å². The minimum absolute atomic E-state index is 0.689. The summed E-state index contributed by atoms with van der Waals surface area (Å²) in [4.78, 5) is 2.71. The molecule has 0 aromatic rings. The van der Waals surface area contributed by atoms with Crippen molar-refractivity contribution in [2.24, 2.45) is 16.7 Å². The van der Waals surface area contributed by atoms with Gasteiger partial charge in [0.15, 0.2) is 0 Å². The topological polar surface area (TPSA) is 3.24 Å². The lowest BCUT2D eigenvalue weighted by atomic mass is 9.54. The molecular formula is C11H19N. The summed E-state index contributed by atoms with van der Waals surface area (Å²) in [7, 11) is 0. The number of hydrogen-bond donors (Lipinski definition) is 0. The highest BCUT2D eigenvalue weighted by molar-refractivity contribution is 5.05. The first-order valence-corrected chi connectivity index (χ1v) is 5.29. The van der Waals surface area contributed by atoms with Gasteiger partial charge in [-0.15, -0.1) is 0 Å². The normalized spacial score (nSPS) is 62.5. The van der Waals surface area contributed by atoms with E-state index in [9.17, 15) is 0 Å². The maximum absolute atomic E-state index is 2.71. The molecule has 12 heavy (non-hydrogen) atoms. The Morgan fingerprint density at radius 3 is 2.08 bits per heavy atom. The number of hydrogen-bond acceptors (Lipinski definition) is 1. The average molecular weight is 165 g/mol. The second-order valence-electron chi connectivity index (χ2n) is 6.24. The van der Waals surface area contributed by atoms with E-state index >= 15 is 0 Å². The van der Waals surface area contributed by atoms with E-state index in [0.29, 0.717) is 10.8 Å². The standard InChI is InChI=1S/C11H19N/c1-10-3-9-4-11(2,6-10)8-12(5-9)7-10/h9H,3-8H2,1-2H3/t9?,10-,11+. The van der Waals surface area contributed by atoms with Gasteiger partial charge < -0.3 is 4.90 Å². The molecule has 4 bridgehead atoms. The lowest BCUT2D eigenvalue weighted by Crippen LogP contribution is -2.61. The van der Waals surface area contributed by atoms with Crippen LogP contribution in [0, 0.1) is 16.7 Å². The summed E-state index contributed by atoms with van der Waals surface area (Å²) in [6, 6.07) is 0. The molecule has 4 fully saturated rings. The van der Waals surface area contributed by atoms with Crippen molar-refractivity contribution in [1.29, 1.82) is 0 Å². The van der Waals surface area contributed by atoms with E-state index in [1.54, 1.807) is 0 Å². The largest absolute Gasteiger partial charge is 0.302 e. The molecule has 4 rings (SSSR count). The van der Waals surface area contributed by atoms with Crippen LogP contribution in [0.3, 0.4) is 0 Å². The first kappa shape index (κ1) is 7.37. The Kier molecular flexibility index (Phi) is 1.16. The van der Waals surface area contributed by atoms with E-state index < -0.39 is 0 Å². The molecule has 0 radical (unpaired) electrons. The predicted octanol–water partition coefficient (Wildman–Crippen LogP) is 2.13.